The average Bonchev–Trinajstić information content (AvgIpc) is 2.73. The molecule has 148 valence electrons. The number of nitrogens with one attached hydrogen (secondary N) is 1. The molecule has 28 heavy (non-hydrogen) atoms. The van der Waals surface area contributed by atoms with E-state index in [9.17, 15) is 9.59 Å². The van der Waals surface area contributed by atoms with Gasteiger partial charge in [-0.15, -0.1) is 0 Å². The minimum Gasteiger partial charge on any atom is -0.484 e. The molecule has 3 rings (SSSR count). The quantitative estimate of drug-likeness (QED) is 0.835. The number of pyridine rings is 1. The third kappa shape index (κ3) is 5.31. The second-order valence-corrected chi connectivity index (χ2v) is 7.32. The first-order valence-corrected chi connectivity index (χ1v) is 9.69. The predicted molar refractivity (Wildman–Crippen MR) is 107 cm³/mol. The molecule has 0 saturated carbocycles. The van der Waals surface area contributed by atoms with Crippen molar-refractivity contribution in [2.75, 3.05) is 26.2 Å². The van der Waals surface area contributed by atoms with Crippen LogP contribution in [0.25, 0.3) is 0 Å². The summed E-state index contributed by atoms with van der Waals surface area (Å²) in [6, 6.07) is 9.37. The Balaban J connectivity index is 1.37. The zero-order valence-corrected chi connectivity index (χ0v) is 16.5. The molecule has 1 aliphatic heterocycles. The second kappa shape index (κ2) is 9.35. The number of rotatable bonds is 6. The van der Waals surface area contributed by atoms with Crippen LogP contribution < -0.4 is 10.1 Å². The summed E-state index contributed by atoms with van der Waals surface area (Å²) in [6.45, 7) is 6.10. The summed E-state index contributed by atoms with van der Waals surface area (Å²) in [4.78, 5) is 30.4. The van der Waals surface area contributed by atoms with Crippen molar-refractivity contribution >= 4 is 11.8 Å². The fourth-order valence-electron chi connectivity index (χ4n) is 3.27. The van der Waals surface area contributed by atoms with Crippen LogP contribution >= 0.6 is 0 Å². The Kier molecular flexibility index (Phi) is 6.63. The number of carbonyl (C=O) groups is 2. The first-order valence-electron chi connectivity index (χ1n) is 9.69. The highest BCUT2D eigenvalue weighted by Gasteiger charge is 2.24. The highest BCUT2D eigenvalue weighted by Crippen LogP contribution is 2.19. The van der Waals surface area contributed by atoms with E-state index in [0.717, 1.165) is 18.4 Å². The lowest BCUT2D eigenvalue weighted by Gasteiger charge is -2.32. The lowest BCUT2D eigenvalue weighted by molar-refractivity contribution is -0.123. The topological polar surface area (TPSA) is 71.5 Å². The van der Waals surface area contributed by atoms with Gasteiger partial charge in [0.05, 0.1) is 5.56 Å². The lowest BCUT2D eigenvalue weighted by Crippen LogP contribution is -2.42. The number of amides is 2. The van der Waals surface area contributed by atoms with Gasteiger partial charge in [0.15, 0.2) is 6.61 Å². The van der Waals surface area contributed by atoms with Gasteiger partial charge in [0.1, 0.15) is 5.75 Å². The van der Waals surface area contributed by atoms with Crippen LogP contribution in [0.5, 0.6) is 5.75 Å². The van der Waals surface area contributed by atoms with Crippen LogP contribution in [0.4, 0.5) is 0 Å². The lowest BCUT2D eigenvalue weighted by atomic mass is 9.96. The zero-order chi connectivity index (χ0) is 19.9. The van der Waals surface area contributed by atoms with Gasteiger partial charge in [-0.25, -0.2) is 0 Å². The van der Waals surface area contributed by atoms with E-state index in [1.165, 1.54) is 5.56 Å². The Hall–Kier alpha value is -2.89. The molecule has 2 aromatic rings. The van der Waals surface area contributed by atoms with Crippen LogP contribution in [0.1, 0.15) is 34.3 Å². The number of aryl methyl sites for hydroxylation is 2. The number of carbonyl (C=O) groups excluding carboxylic acids is 2. The summed E-state index contributed by atoms with van der Waals surface area (Å²) >= 11 is 0. The second-order valence-electron chi connectivity index (χ2n) is 7.32. The van der Waals surface area contributed by atoms with Gasteiger partial charge >= 0.3 is 0 Å². The number of hydrogen-bond acceptors (Lipinski definition) is 4. The Bertz CT molecular complexity index is 815. The van der Waals surface area contributed by atoms with E-state index in [1.54, 1.807) is 24.5 Å². The number of aromatic nitrogens is 1. The van der Waals surface area contributed by atoms with Crippen LogP contribution in [0.15, 0.2) is 42.7 Å². The molecule has 1 saturated heterocycles. The first kappa shape index (κ1) is 19.9. The molecule has 1 fully saturated rings. The van der Waals surface area contributed by atoms with Gasteiger partial charge in [-0.3, -0.25) is 14.6 Å². The van der Waals surface area contributed by atoms with Gasteiger partial charge in [0, 0.05) is 32.0 Å². The van der Waals surface area contributed by atoms with E-state index >= 15 is 0 Å². The van der Waals surface area contributed by atoms with Crippen molar-refractivity contribution in [3.8, 4) is 5.75 Å². The Morgan fingerprint density at radius 2 is 1.96 bits per heavy atom. The number of benzene rings is 1. The number of piperidine rings is 1. The number of nitrogens with zero attached hydrogens (tertiary/aromatic N) is 2. The molecule has 0 spiro atoms. The SMILES string of the molecule is Cc1ccc(OCC(=O)NCC2CCN(C(=O)c3cccnc3)CC2)cc1C. The molecule has 0 radical (unpaired) electrons. The van der Waals surface area contributed by atoms with Crippen LogP contribution in [0.3, 0.4) is 0 Å². The van der Waals surface area contributed by atoms with E-state index in [2.05, 4.69) is 10.3 Å². The number of likely N-dealkylation sites (tertiary alicyclic amines) is 1. The smallest absolute Gasteiger partial charge is 0.257 e. The van der Waals surface area contributed by atoms with Crippen molar-refractivity contribution < 1.29 is 14.3 Å². The molecule has 1 N–H and O–H groups in total. The van der Waals surface area contributed by atoms with Gasteiger partial charge in [-0.05, 0) is 68.0 Å². The van der Waals surface area contributed by atoms with Crippen molar-refractivity contribution in [2.24, 2.45) is 5.92 Å². The number of hydrogen-bond donors (Lipinski definition) is 1. The van der Waals surface area contributed by atoms with Crippen molar-refractivity contribution in [1.29, 1.82) is 0 Å². The summed E-state index contributed by atoms with van der Waals surface area (Å²) in [5.41, 5.74) is 2.97. The van der Waals surface area contributed by atoms with Crippen molar-refractivity contribution in [1.82, 2.24) is 15.2 Å². The third-order valence-electron chi connectivity index (χ3n) is 5.25. The normalized spacial score (nSPS) is 14.6. The molecular formula is C22H27N3O3. The van der Waals surface area contributed by atoms with E-state index in [4.69, 9.17) is 4.74 Å². The fourth-order valence-corrected chi connectivity index (χ4v) is 3.27. The highest BCUT2D eigenvalue weighted by molar-refractivity contribution is 5.93. The molecule has 6 heteroatoms. The zero-order valence-electron chi connectivity index (χ0n) is 16.5. The summed E-state index contributed by atoms with van der Waals surface area (Å²) in [6.07, 6.45) is 5.02. The molecule has 2 amide bonds. The largest absolute Gasteiger partial charge is 0.484 e. The highest BCUT2D eigenvalue weighted by atomic mass is 16.5. The third-order valence-corrected chi connectivity index (χ3v) is 5.25. The molecule has 0 aliphatic carbocycles. The maximum Gasteiger partial charge on any atom is 0.257 e. The summed E-state index contributed by atoms with van der Waals surface area (Å²) < 4.78 is 5.57. The molecule has 1 aromatic heterocycles. The van der Waals surface area contributed by atoms with Gasteiger partial charge < -0.3 is 15.0 Å². The monoisotopic (exact) mass is 381 g/mol. The van der Waals surface area contributed by atoms with Gasteiger partial charge in [-0.2, -0.15) is 0 Å². The standard InChI is InChI=1S/C22H27N3O3/c1-16-5-6-20(12-17(16)2)28-15-21(26)24-13-18-7-10-25(11-8-18)22(27)19-4-3-9-23-14-19/h3-6,9,12,14,18H,7-8,10-11,13,15H2,1-2H3,(H,24,26). The minimum atomic E-state index is -0.118. The van der Waals surface area contributed by atoms with E-state index in [-0.39, 0.29) is 18.4 Å². The van der Waals surface area contributed by atoms with E-state index in [1.807, 2.05) is 36.9 Å². The van der Waals surface area contributed by atoms with Crippen LogP contribution in [0.2, 0.25) is 0 Å². The molecule has 0 bridgehead atoms. The molecule has 2 heterocycles. The molecule has 0 atom stereocenters. The molecule has 1 aromatic carbocycles. The minimum absolute atomic E-state index is 0.0147. The van der Waals surface area contributed by atoms with Gasteiger partial charge in [0.2, 0.25) is 0 Å². The maximum absolute atomic E-state index is 12.4. The van der Waals surface area contributed by atoms with Gasteiger partial charge in [0.25, 0.3) is 11.8 Å². The molecule has 6 nitrogen and oxygen atoms in total. The molecular weight excluding hydrogens is 354 g/mol. The Labute approximate surface area is 165 Å². The Morgan fingerprint density at radius 3 is 2.64 bits per heavy atom. The average molecular weight is 381 g/mol. The molecule has 0 unspecified atom stereocenters. The summed E-state index contributed by atoms with van der Waals surface area (Å²) in [5.74, 6) is 0.994. The maximum atomic E-state index is 12.4. The molecule has 1 aliphatic rings. The van der Waals surface area contributed by atoms with Crippen molar-refractivity contribution in [3.63, 3.8) is 0 Å². The first-order chi connectivity index (χ1) is 13.5. The van der Waals surface area contributed by atoms with Crippen molar-refractivity contribution in [2.45, 2.75) is 26.7 Å². The van der Waals surface area contributed by atoms with Gasteiger partial charge in [-0.1, -0.05) is 6.07 Å². The Morgan fingerprint density at radius 1 is 1.18 bits per heavy atom. The number of ether oxygens (including phenoxy) is 1. The van der Waals surface area contributed by atoms with Crippen LogP contribution in [-0.2, 0) is 4.79 Å². The predicted octanol–water partition coefficient (Wildman–Crippen LogP) is 2.75. The van der Waals surface area contributed by atoms with Crippen molar-refractivity contribution in [3.05, 3.63) is 59.4 Å². The fraction of sp³-hybridized carbons (Fsp3) is 0.409. The van der Waals surface area contributed by atoms with Crippen LogP contribution in [-0.4, -0.2) is 47.9 Å². The van der Waals surface area contributed by atoms with E-state index < -0.39 is 0 Å². The van der Waals surface area contributed by atoms with E-state index in [0.29, 0.717) is 36.9 Å². The van der Waals surface area contributed by atoms with Crippen LogP contribution in [0, 0.1) is 19.8 Å². The summed E-state index contributed by atoms with van der Waals surface area (Å²) in [7, 11) is 0. The summed E-state index contributed by atoms with van der Waals surface area (Å²) in [5, 5.41) is 2.95.